The van der Waals surface area contributed by atoms with Gasteiger partial charge in [-0.15, -0.1) is 0 Å². The van der Waals surface area contributed by atoms with Crippen LogP contribution >= 0.6 is 0 Å². The SMILES string of the molecule is CCn1nccc1C(=O)NC(c1cn2nc(CC3CC(O)CNC3=O)ccc2n1)C(C1CC1)C1CC1. The monoisotopic (exact) mass is 491 g/mol. The number of carbonyl (C=O) groups excluding carboxylic acids is 2. The molecule has 10 heteroatoms. The average Bonchev–Trinajstić information content (AvgIpc) is 3.79. The number of rotatable bonds is 9. The highest BCUT2D eigenvalue weighted by Crippen LogP contribution is 2.54. The molecule has 3 atom stereocenters. The summed E-state index contributed by atoms with van der Waals surface area (Å²) in [6.07, 6.45) is 8.76. The highest BCUT2D eigenvalue weighted by molar-refractivity contribution is 5.92. The third kappa shape index (κ3) is 4.61. The molecule has 10 nitrogen and oxygen atoms in total. The second kappa shape index (κ2) is 9.31. The normalized spacial score (nSPS) is 23.1. The molecule has 3 aliphatic rings. The molecule has 3 fully saturated rings. The van der Waals surface area contributed by atoms with Crippen molar-refractivity contribution in [3.05, 3.63) is 47.7 Å². The number of fused-ring (bicyclic) bond motifs is 1. The van der Waals surface area contributed by atoms with Crippen molar-refractivity contribution in [2.45, 2.75) is 64.1 Å². The number of nitrogens with zero attached hydrogens (tertiary/aromatic N) is 5. The topological polar surface area (TPSA) is 126 Å². The van der Waals surface area contributed by atoms with E-state index in [0.29, 0.717) is 55.0 Å². The summed E-state index contributed by atoms with van der Waals surface area (Å²) in [7, 11) is 0. The third-order valence-electron chi connectivity index (χ3n) is 7.86. The largest absolute Gasteiger partial charge is 0.391 e. The fourth-order valence-corrected chi connectivity index (χ4v) is 5.76. The third-order valence-corrected chi connectivity index (χ3v) is 7.86. The van der Waals surface area contributed by atoms with E-state index in [1.54, 1.807) is 21.5 Å². The van der Waals surface area contributed by atoms with Gasteiger partial charge in [-0.3, -0.25) is 14.3 Å². The van der Waals surface area contributed by atoms with E-state index >= 15 is 0 Å². The number of nitrogens with one attached hydrogen (secondary N) is 2. The number of aliphatic hydroxyl groups is 1. The van der Waals surface area contributed by atoms with Crippen LogP contribution in [0.25, 0.3) is 5.65 Å². The Bertz CT molecular complexity index is 1260. The van der Waals surface area contributed by atoms with E-state index in [0.717, 1.165) is 11.4 Å². The minimum Gasteiger partial charge on any atom is -0.391 e. The molecule has 3 aromatic heterocycles. The van der Waals surface area contributed by atoms with Gasteiger partial charge >= 0.3 is 0 Å². The first kappa shape index (κ1) is 23.1. The zero-order valence-electron chi connectivity index (χ0n) is 20.5. The first-order valence-electron chi connectivity index (χ1n) is 13.1. The molecule has 3 unspecified atom stereocenters. The van der Waals surface area contributed by atoms with Crippen LogP contribution in [-0.4, -0.2) is 53.9 Å². The van der Waals surface area contributed by atoms with E-state index in [-0.39, 0.29) is 23.8 Å². The van der Waals surface area contributed by atoms with Crippen molar-refractivity contribution in [1.29, 1.82) is 0 Å². The molecule has 0 bridgehead atoms. The fourth-order valence-electron chi connectivity index (χ4n) is 5.76. The summed E-state index contributed by atoms with van der Waals surface area (Å²) >= 11 is 0. The fraction of sp³-hybridized carbons (Fsp3) is 0.577. The van der Waals surface area contributed by atoms with E-state index < -0.39 is 6.10 Å². The molecule has 2 amide bonds. The molecule has 2 saturated carbocycles. The lowest BCUT2D eigenvalue weighted by atomic mass is 9.87. The van der Waals surface area contributed by atoms with Crippen LogP contribution in [0.2, 0.25) is 0 Å². The van der Waals surface area contributed by atoms with E-state index in [9.17, 15) is 14.7 Å². The average molecular weight is 492 g/mol. The summed E-state index contributed by atoms with van der Waals surface area (Å²) in [6.45, 7) is 2.91. The second-order valence-electron chi connectivity index (χ2n) is 10.6. The Kier molecular flexibility index (Phi) is 5.99. The molecule has 0 spiro atoms. The number of hydrogen-bond donors (Lipinski definition) is 3. The molecule has 36 heavy (non-hydrogen) atoms. The second-order valence-corrected chi connectivity index (χ2v) is 10.6. The van der Waals surface area contributed by atoms with Crippen LogP contribution in [0.5, 0.6) is 0 Å². The lowest BCUT2D eigenvalue weighted by Crippen LogP contribution is -2.44. The van der Waals surface area contributed by atoms with Crippen molar-refractivity contribution in [3.8, 4) is 0 Å². The Morgan fingerprint density at radius 3 is 2.72 bits per heavy atom. The lowest BCUT2D eigenvalue weighted by molar-refractivity contribution is -0.129. The van der Waals surface area contributed by atoms with Crippen molar-refractivity contribution in [1.82, 2.24) is 35.0 Å². The maximum Gasteiger partial charge on any atom is 0.270 e. The molecule has 2 aliphatic carbocycles. The summed E-state index contributed by atoms with van der Waals surface area (Å²) in [5.74, 6) is 1.12. The van der Waals surface area contributed by atoms with Gasteiger partial charge in [-0.2, -0.15) is 10.2 Å². The van der Waals surface area contributed by atoms with Gasteiger partial charge in [-0.1, -0.05) is 0 Å². The molecule has 4 heterocycles. The van der Waals surface area contributed by atoms with Crippen LogP contribution in [0.4, 0.5) is 0 Å². The van der Waals surface area contributed by atoms with Gasteiger partial charge in [-0.05, 0) is 75.0 Å². The Morgan fingerprint density at radius 1 is 1.22 bits per heavy atom. The van der Waals surface area contributed by atoms with Crippen LogP contribution < -0.4 is 10.6 Å². The quantitative estimate of drug-likeness (QED) is 0.420. The maximum atomic E-state index is 13.3. The van der Waals surface area contributed by atoms with Gasteiger partial charge in [0.2, 0.25) is 5.91 Å². The predicted molar refractivity (Wildman–Crippen MR) is 131 cm³/mol. The molecular weight excluding hydrogens is 458 g/mol. The standard InChI is InChI=1S/C26H33N7O3/c1-2-32-21(9-10-28-32)26(36)30-24(23(15-3-4-15)16-5-6-16)20-14-33-22(29-20)8-7-18(31-33)11-17-12-19(34)13-27-25(17)35/h7-10,14-17,19,23-24,34H,2-6,11-13H2,1H3,(H,27,35)(H,30,36). The molecule has 0 radical (unpaired) electrons. The van der Waals surface area contributed by atoms with Gasteiger partial charge in [0.1, 0.15) is 5.69 Å². The Morgan fingerprint density at radius 2 is 2.00 bits per heavy atom. The number of β-amino-alcohol motifs (C(OH)–C–C–N with tert-alkyl or cyclic N) is 1. The smallest absolute Gasteiger partial charge is 0.270 e. The number of carbonyl (C=O) groups is 2. The molecule has 1 saturated heterocycles. The van der Waals surface area contributed by atoms with Crippen molar-refractivity contribution in [2.24, 2.45) is 23.7 Å². The van der Waals surface area contributed by atoms with Crippen LogP contribution in [0, 0.1) is 23.7 Å². The van der Waals surface area contributed by atoms with Crippen LogP contribution in [0.1, 0.15) is 66.9 Å². The van der Waals surface area contributed by atoms with Gasteiger partial charge in [0, 0.05) is 31.6 Å². The van der Waals surface area contributed by atoms with Crippen molar-refractivity contribution in [3.63, 3.8) is 0 Å². The van der Waals surface area contributed by atoms with Gasteiger partial charge < -0.3 is 15.7 Å². The van der Waals surface area contributed by atoms with Crippen LogP contribution in [-0.2, 0) is 17.8 Å². The molecule has 190 valence electrons. The first-order valence-corrected chi connectivity index (χ1v) is 13.1. The number of imidazole rings is 1. The van der Waals surface area contributed by atoms with Crippen molar-refractivity contribution in [2.75, 3.05) is 6.54 Å². The maximum absolute atomic E-state index is 13.3. The van der Waals surface area contributed by atoms with E-state index in [2.05, 4.69) is 15.7 Å². The van der Waals surface area contributed by atoms with Gasteiger partial charge in [0.25, 0.3) is 5.91 Å². The zero-order chi connectivity index (χ0) is 24.8. The highest BCUT2D eigenvalue weighted by Gasteiger charge is 2.47. The predicted octanol–water partition coefficient (Wildman–Crippen LogP) is 1.89. The van der Waals surface area contributed by atoms with Gasteiger partial charge in [-0.25, -0.2) is 9.50 Å². The number of aliphatic hydroxyl groups excluding tert-OH is 1. The van der Waals surface area contributed by atoms with Crippen LogP contribution in [0.3, 0.4) is 0 Å². The van der Waals surface area contributed by atoms with E-state index in [1.165, 1.54) is 25.7 Å². The Labute approximate surface area is 209 Å². The molecule has 3 aromatic rings. The summed E-state index contributed by atoms with van der Waals surface area (Å²) < 4.78 is 3.47. The van der Waals surface area contributed by atoms with Crippen molar-refractivity contribution >= 4 is 17.5 Å². The molecule has 0 aromatic carbocycles. The Hall–Kier alpha value is -3.27. The van der Waals surface area contributed by atoms with E-state index in [4.69, 9.17) is 10.1 Å². The number of piperidine rings is 1. The Balaban J connectivity index is 1.29. The minimum absolute atomic E-state index is 0.0423. The molecular formula is C26H33N7O3. The lowest BCUT2D eigenvalue weighted by Gasteiger charge is -2.27. The molecule has 6 rings (SSSR count). The van der Waals surface area contributed by atoms with Crippen molar-refractivity contribution < 1.29 is 14.7 Å². The summed E-state index contributed by atoms with van der Waals surface area (Å²) in [6, 6.07) is 5.38. The zero-order valence-corrected chi connectivity index (χ0v) is 20.5. The van der Waals surface area contributed by atoms with Gasteiger partial charge in [0.15, 0.2) is 5.65 Å². The number of amides is 2. The van der Waals surface area contributed by atoms with Gasteiger partial charge in [0.05, 0.1) is 29.7 Å². The number of hydrogen-bond acceptors (Lipinski definition) is 6. The summed E-state index contributed by atoms with van der Waals surface area (Å²) in [5.41, 5.74) is 2.87. The number of aryl methyl sites for hydroxylation is 1. The summed E-state index contributed by atoms with van der Waals surface area (Å²) in [4.78, 5) is 30.5. The number of aromatic nitrogens is 5. The molecule has 3 N–H and O–H groups in total. The first-order chi connectivity index (χ1) is 17.5. The summed E-state index contributed by atoms with van der Waals surface area (Å²) in [5, 5.41) is 25.0. The highest BCUT2D eigenvalue weighted by atomic mass is 16.3. The van der Waals surface area contributed by atoms with Crippen LogP contribution in [0.15, 0.2) is 30.6 Å². The minimum atomic E-state index is -0.522. The molecule has 1 aliphatic heterocycles. The van der Waals surface area contributed by atoms with E-state index in [1.807, 2.05) is 25.3 Å².